The third kappa shape index (κ3) is 4.27. The molecule has 2 aromatic heterocycles. The van der Waals surface area contributed by atoms with Crippen molar-refractivity contribution in [2.45, 2.75) is 40.2 Å². The fourth-order valence-corrected chi connectivity index (χ4v) is 5.05. The number of carbonyl (C=O) groups excluding carboxylic acids is 1. The Morgan fingerprint density at radius 1 is 1.09 bits per heavy atom. The van der Waals surface area contributed by atoms with Gasteiger partial charge in [-0.3, -0.25) is 4.79 Å². The lowest BCUT2D eigenvalue weighted by Crippen LogP contribution is -2.53. The van der Waals surface area contributed by atoms with Crippen molar-refractivity contribution in [3.8, 4) is 0 Å². The van der Waals surface area contributed by atoms with E-state index in [-0.39, 0.29) is 17.8 Å². The smallest absolute Gasteiger partial charge is 0.259 e. The standard InChI is InChI=1S/C28H30FN5O/c1-18-8-7-10-23(14-18)33-13-12-32(17-19(33)2)28(35)25-16-30-34-21(4)24(20(3)31-27(25)34)15-22-9-5-6-11-26(22)29/h5-11,14,16,19H,12-13,15,17H2,1-4H3/t19-/m0/s1. The summed E-state index contributed by atoms with van der Waals surface area (Å²) < 4.78 is 16.0. The predicted octanol–water partition coefficient (Wildman–Crippen LogP) is 4.74. The minimum atomic E-state index is -0.235. The van der Waals surface area contributed by atoms with Gasteiger partial charge in [0.05, 0.1) is 6.20 Å². The zero-order valence-electron chi connectivity index (χ0n) is 20.6. The number of benzene rings is 2. The highest BCUT2D eigenvalue weighted by Crippen LogP contribution is 2.25. The quantitative estimate of drug-likeness (QED) is 0.432. The molecule has 180 valence electrons. The molecule has 2 aromatic carbocycles. The van der Waals surface area contributed by atoms with Crippen LogP contribution < -0.4 is 4.90 Å². The van der Waals surface area contributed by atoms with Gasteiger partial charge in [0.15, 0.2) is 5.65 Å². The minimum Gasteiger partial charge on any atom is -0.365 e. The largest absolute Gasteiger partial charge is 0.365 e. The van der Waals surface area contributed by atoms with Gasteiger partial charge in [0.25, 0.3) is 5.91 Å². The molecular formula is C28H30FN5O. The molecule has 1 atom stereocenters. The van der Waals surface area contributed by atoms with Crippen molar-refractivity contribution < 1.29 is 9.18 Å². The first-order valence-corrected chi connectivity index (χ1v) is 12.0. The molecule has 7 heteroatoms. The molecule has 1 saturated heterocycles. The predicted molar refractivity (Wildman–Crippen MR) is 136 cm³/mol. The molecule has 0 saturated carbocycles. The van der Waals surface area contributed by atoms with Gasteiger partial charge in [0, 0.05) is 49.2 Å². The maximum Gasteiger partial charge on any atom is 0.259 e. The molecule has 1 amide bonds. The number of piperazine rings is 1. The van der Waals surface area contributed by atoms with E-state index in [0.29, 0.717) is 36.3 Å². The Morgan fingerprint density at radius 2 is 1.89 bits per heavy atom. The summed E-state index contributed by atoms with van der Waals surface area (Å²) in [7, 11) is 0. The third-order valence-corrected chi connectivity index (χ3v) is 7.01. The molecule has 35 heavy (non-hydrogen) atoms. The SMILES string of the molecule is Cc1cccc(N2CCN(C(=O)c3cnn4c(C)c(Cc5ccccc5F)c(C)nc34)C[C@@H]2C)c1. The lowest BCUT2D eigenvalue weighted by atomic mass is 10.0. The van der Waals surface area contributed by atoms with Gasteiger partial charge in [-0.25, -0.2) is 13.9 Å². The molecule has 0 unspecified atom stereocenters. The number of hydrogen-bond acceptors (Lipinski definition) is 4. The maximum atomic E-state index is 14.3. The van der Waals surface area contributed by atoms with E-state index in [1.165, 1.54) is 17.3 Å². The fourth-order valence-electron chi connectivity index (χ4n) is 5.05. The number of carbonyl (C=O) groups is 1. The van der Waals surface area contributed by atoms with Crippen LogP contribution in [-0.4, -0.2) is 51.1 Å². The van der Waals surface area contributed by atoms with E-state index in [4.69, 9.17) is 4.98 Å². The second-order valence-electron chi connectivity index (χ2n) is 9.46. The van der Waals surface area contributed by atoms with Crippen molar-refractivity contribution in [2.75, 3.05) is 24.5 Å². The van der Waals surface area contributed by atoms with E-state index in [1.807, 2.05) is 24.8 Å². The fraction of sp³-hybridized carbons (Fsp3) is 0.321. The summed E-state index contributed by atoms with van der Waals surface area (Å²) in [6, 6.07) is 15.5. The average Bonchev–Trinajstić information content (AvgIpc) is 3.26. The van der Waals surface area contributed by atoms with Crippen LogP contribution in [0.4, 0.5) is 10.1 Å². The number of aryl methyl sites for hydroxylation is 3. The van der Waals surface area contributed by atoms with Crippen molar-refractivity contribution in [1.29, 1.82) is 0 Å². The van der Waals surface area contributed by atoms with Crippen LogP contribution in [0.1, 0.15) is 45.4 Å². The number of anilines is 1. The highest BCUT2D eigenvalue weighted by molar-refractivity contribution is 6.00. The molecule has 0 N–H and O–H groups in total. The Labute approximate surface area is 205 Å². The number of halogens is 1. The molecule has 4 aromatic rings. The summed E-state index contributed by atoms with van der Waals surface area (Å²) in [5, 5.41) is 4.49. The van der Waals surface area contributed by atoms with Crippen LogP contribution in [0, 0.1) is 26.6 Å². The summed E-state index contributed by atoms with van der Waals surface area (Å²) in [5.74, 6) is -0.287. The van der Waals surface area contributed by atoms with Crippen molar-refractivity contribution in [2.24, 2.45) is 0 Å². The molecule has 3 heterocycles. The first kappa shape index (κ1) is 23.0. The first-order valence-electron chi connectivity index (χ1n) is 12.0. The molecule has 5 rings (SSSR count). The van der Waals surface area contributed by atoms with Crippen LogP contribution >= 0.6 is 0 Å². The van der Waals surface area contributed by atoms with Gasteiger partial charge in [-0.1, -0.05) is 30.3 Å². The normalized spacial score (nSPS) is 16.2. The van der Waals surface area contributed by atoms with Gasteiger partial charge < -0.3 is 9.80 Å². The second-order valence-corrected chi connectivity index (χ2v) is 9.46. The van der Waals surface area contributed by atoms with Crippen LogP contribution in [0.3, 0.4) is 0 Å². The Balaban J connectivity index is 1.39. The van der Waals surface area contributed by atoms with Crippen LogP contribution in [-0.2, 0) is 6.42 Å². The zero-order chi connectivity index (χ0) is 24.7. The topological polar surface area (TPSA) is 53.7 Å². The number of rotatable bonds is 4. The molecule has 0 aliphatic carbocycles. The maximum absolute atomic E-state index is 14.3. The van der Waals surface area contributed by atoms with E-state index in [9.17, 15) is 9.18 Å². The Kier molecular flexibility index (Phi) is 6.01. The molecule has 0 bridgehead atoms. The molecule has 0 radical (unpaired) electrons. The molecule has 0 spiro atoms. The zero-order valence-corrected chi connectivity index (χ0v) is 20.6. The van der Waals surface area contributed by atoms with Crippen molar-refractivity contribution in [3.05, 3.63) is 94.2 Å². The summed E-state index contributed by atoms with van der Waals surface area (Å²) >= 11 is 0. The molecule has 1 aliphatic rings. The van der Waals surface area contributed by atoms with Crippen LogP contribution in [0.15, 0.2) is 54.7 Å². The van der Waals surface area contributed by atoms with Gasteiger partial charge in [0.2, 0.25) is 0 Å². The Hall–Kier alpha value is -3.74. The van der Waals surface area contributed by atoms with E-state index in [1.54, 1.807) is 22.8 Å². The van der Waals surface area contributed by atoms with Crippen LogP contribution in [0.5, 0.6) is 0 Å². The number of nitrogens with zero attached hydrogens (tertiary/aromatic N) is 5. The van der Waals surface area contributed by atoms with Gasteiger partial charge in [0.1, 0.15) is 11.4 Å². The van der Waals surface area contributed by atoms with Crippen LogP contribution in [0.25, 0.3) is 5.65 Å². The van der Waals surface area contributed by atoms with Crippen molar-refractivity contribution in [1.82, 2.24) is 19.5 Å². The number of aromatic nitrogens is 3. The lowest BCUT2D eigenvalue weighted by Gasteiger charge is -2.41. The third-order valence-electron chi connectivity index (χ3n) is 7.01. The molecule has 1 fully saturated rings. The van der Waals surface area contributed by atoms with Gasteiger partial charge in [-0.05, 0) is 62.6 Å². The summed E-state index contributed by atoms with van der Waals surface area (Å²) in [6.45, 7) is 10.1. The molecule has 6 nitrogen and oxygen atoms in total. The monoisotopic (exact) mass is 471 g/mol. The van der Waals surface area contributed by atoms with Crippen LogP contribution in [0.2, 0.25) is 0 Å². The van der Waals surface area contributed by atoms with E-state index < -0.39 is 0 Å². The minimum absolute atomic E-state index is 0.0519. The first-order chi connectivity index (χ1) is 16.8. The average molecular weight is 472 g/mol. The summed E-state index contributed by atoms with van der Waals surface area (Å²) in [6.07, 6.45) is 2.04. The van der Waals surface area contributed by atoms with E-state index in [2.05, 4.69) is 48.1 Å². The van der Waals surface area contributed by atoms with Crippen molar-refractivity contribution >= 4 is 17.2 Å². The van der Waals surface area contributed by atoms with E-state index in [0.717, 1.165) is 23.5 Å². The van der Waals surface area contributed by atoms with E-state index >= 15 is 0 Å². The summed E-state index contributed by atoms with van der Waals surface area (Å²) in [5.41, 5.74) is 6.66. The summed E-state index contributed by atoms with van der Waals surface area (Å²) in [4.78, 5) is 22.5. The number of fused-ring (bicyclic) bond motifs is 1. The van der Waals surface area contributed by atoms with Gasteiger partial charge in [-0.2, -0.15) is 5.10 Å². The number of amides is 1. The van der Waals surface area contributed by atoms with Crippen molar-refractivity contribution in [3.63, 3.8) is 0 Å². The second kappa shape index (κ2) is 9.13. The van der Waals surface area contributed by atoms with Gasteiger partial charge >= 0.3 is 0 Å². The highest BCUT2D eigenvalue weighted by Gasteiger charge is 2.30. The molecular weight excluding hydrogens is 441 g/mol. The Morgan fingerprint density at radius 3 is 2.63 bits per heavy atom. The lowest BCUT2D eigenvalue weighted by molar-refractivity contribution is 0.0728. The number of hydrogen-bond donors (Lipinski definition) is 0. The molecule has 1 aliphatic heterocycles. The Bertz CT molecular complexity index is 1410. The highest BCUT2D eigenvalue weighted by atomic mass is 19.1. The van der Waals surface area contributed by atoms with Gasteiger partial charge in [-0.15, -0.1) is 0 Å².